The molecule has 0 saturated heterocycles. The van der Waals surface area contributed by atoms with Crippen LogP contribution in [-0.4, -0.2) is 7.38 Å². The van der Waals surface area contributed by atoms with E-state index in [1.165, 1.54) is 0 Å². The van der Waals surface area contributed by atoms with E-state index in [0.717, 1.165) is 12.5 Å². The zero-order valence-corrected chi connectivity index (χ0v) is 8.57. The summed E-state index contributed by atoms with van der Waals surface area (Å²) in [5.74, 6) is 0.172. The molecule has 0 rings (SSSR count). The fourth-order valence-electron chi connectivity index (χ4n) is 0.624. The molecule has 1 nitrogen and oxygen atoms in total. The highest BCUT2D eigenvalue weighted by atomic mass is 35.6. The van der Waals surface area contributed by atoms with Gasteiger partial charge in [0.1, 0.15) is 0 Å². The average Bonchev–Trinajstić information content (AvgIpc) is 1.81. The minimum absolute atomic E-state index is 0.172. The van der Waals surface area contributed by atoms with E-state index in [0.29, 0.717) is 0 Å². The van der Waals surface area contributed by atoms with Gasteiger partial charge in [0.15, 0.2) is 7.38 Å². The average molecular weight is 176 g/mol. The van der Waals surface area contributed by atoms with Crippen LogP contribution in [0.4, 0.5) is 0 Å². The summed E-state index contributed by atoms with van der Waals surface area (Å²) in [5.41, 5.74) is 0. The van der Waals surface area contributed by atoms with E-state index in [2.05, 4.69) is 19.2 Å². The summed E-state index contributed by atoms with van der Waals surface area (Å²) in [6.45, 7) is 6.16. The van der Waals surface area contributed by atoms with Crippen LogP contribution in [0.1, 0.15) is 13.3 Å². The number of nitriles is 1. The van der Waals surface area contributed by atoms with Crippen LogP contribution in [0.5, 0.6) is 0 Å². The molecule has 0 aliphatic heterocycles. The van der Waals surface area contributed by atoms with Crippen molar-refractivity contribution >= 4 is 18.5 Å². The summed E-state index contributed by atoms with van der Waals surface area (Å²) < 4.78 is 0. The van der Waals surface area contributed by atoms with E-state index in [1.54, 1.807) is 0 Å². The largest absolute Gasteiger partial charge is 0.198 e. The van der Waals surface area contributed by atoms with Crippen molar-refractivity contribution in [3.8, 4) is 6.07 Å². The van der Waals surface area contributed by atoms with Gasteiger partial charge in [-0.25, -0.2) is 0 Å². The Bertz CT molecular complexity index is 134. The molecule has 0 aromatic carbocycles. The minimum atomic E-state index is -1.42. The molecular formula is C7H14ClNSi. The first-order valence-electron chi connectivity index (χ1n) is 3.54. The third-order valence-electron chi connectivity index (χ3n) is 1.39. The van der Waals surface area contributed by atoms with Crippen LogP contribution in [0.2, 0.25) is 19.1 Å². The van der Waals surface area contributed by atoms with Crippen molar-refractivity contribution < 1.29 is 0 Å². The highest BCUT2D eigenvalue weighted by Gasteiger charge is 2.17. The molecule has 0 bridgehead atoms. The third-order valence-corrected chi connectivity index (χ3v) is 3.44. The van der Waals surface area contributed by atoms with E-state index >= 15 is 0 Å². The highest BCUT2D eigenvalue weighted by molar-refractivity contribution is 7.19. The normalized spacial score (nSPS) is 14.3. The molecule has 0 aliphatic rings. The molecule has 0 aliphatic carbocycles. The van der Waals surface area contributed by atoms with Crippen molar-refractivity contribution in [2.24, 2.45) is 5.92 Å². The second-order valence-electron chi connectivity index (χ2n) is 3.29. The Balaban J connectivity index is 3.48. The predicted molar refractivity (Wildman–Crippen MR) is 47.5 cm³/mol. The van der Waals surface area contributed by atoms with E-state index < -0.39 is 7.38 Å². The maximum absolute atomic E-state index is 8.45. The maximum atomic E-state index is 8.45. The van der Waals surface area contributed by atoms with Gasteiger partial charge in [0, 0.05) is 5.92 Å². The molecule has 0 aromatic rings. The van der Waals surface area contributed by atoms with Crippen LogP contribution in [0, 0.1) is 17.2 Å². The molecule has 1 atom stereocenters. The SMILES string of the molecule is C[C@@H](C#N)CC[Si](C)(C)Cl. The smallest absolute Gasteiger partial charge is 0.150 e. The Kier molecular flexibility index (Phi) is 4.00. The van der Waals surface area contributed by atoms with Crippen molar-refractivity contribution in [3.05, 3.63) is 0 Å². The Labute approximate surface area is 68.7 Å². The molecular weight excluding hydrogens is 162 g/mol. The van der Waals surface area contributed by atoms with E-state index in [-0.39, 0.29) is 5.92 Å². The number of hydrogen-bond donors (Lipinski definition) is 0. The Hall–Kier alpha value is -0.00312. The van der Waals surface area contributed by atoms with E-state index in [1.807, 2.05) is 6.92 Å². The lowest BCUT2D eigenvalue weighted by atomic mass is 10.1. The summed E-state index contributed by atoms with van der Waals surface area (Å²) in [6, 6.07) is 3.25. The summed E-state index contributed by atoms with van der Waals surface area (Å²) >= 11 is 6.06. The van der Waals surface area contributed by atoms with Gasteiger partial charge < -0.3 is 0 Å². The molecule has 0 radical (unpaired) electrons. The van der Waals surface area contributed by atoms with Gasteiger partial charge >= 0.3 is 0 Å². The molecule has 0 N–H and O–H groups in total. The first kappa shape index (κ1) is 10.00. The van der Waals surface area contributed by atoms with Gasteiger partial charge in [-0.15, -0.1) is 0 Å². The van der Waals surface area contributed by atoms with Crippen LogP contribution in [0.3, 0.4) is 0 Å². The second-order valence-corrected chi connectivity index (χ2v) is 10.3. The van der Waals surface area contributed by atoms with Gasteiger partial charge in [0.05, 0.1) is 6.07 Å². The standard InChI is InChI=1S/C7H14ClNSi/c1-7(6-9)4-5-10(2,3)8/h7H,4-5H2,1-3H3/t7-/m1/s1. The quantitative estimate of drug-likeness (QED) is 0.478. The zero-order chi connectivity index (χ0) is 8.20. The van der Waals surface area contributed by atoms with Crippen LogP contribution in [0.25, 0.3) is 0 Å². The lowest BCUT2D eigenvalue weighted by Gasteiger charge is -2.12. The van der Waals surface area contributed by atoms with Crippen molar-refractivity contribution in [1.82, 2.24) is 0 Å². The van der Waals surface area contributed by atoms with Gasteiger partial charge in [-0.05, 0) is 19.4 Å². The van der Waals surface area contributed by atoms with Gasteiger partial charge in [0.2, 0.25) is 0 Å². The molecule has 0 fully saturated rings. The second kappa shape index (κ2) is 4.00. The van der Waals surface area contributed by atoms with Crippen molar-refractivity contribution in [2.45, 2.75) is 32.5 Å². The molecule has 0 unspecified atom stereocenters. The Morgan fingerprint density at radius 2 is 2.10 bits per heavy atom. The minimum Gasteiger partial charge on any atom is -0.198 e. The summed E-state index contributed by atoms with van der Waals surface area (Å²) in [5, 5.41) is 8.45. The van der Waals surface area contributed by atoms with Crippen LogP contribution in [0.15, 0.2) is 0 Å². The topological polar surface area (TPSA) is 23.8 Å². The lowest BCUT2D eigenvalue weighted by Crippen LogP contribution is -2.16. The molecule has 0 spiro atoms. The van der Waals surface area contributed by atoms with Crippen molar-refractivity contribution in [3.63, 3.8) is 0 Å². The molecule has 0 aromatic heterocycles. The monoisotopic (exact) mass is 175 g/mol. The van der Waals surface area contributed by atoms with Crippen LogP contribution < -0.4 is 0 Å². The molecule has 0 amide bonds. The third kappa shape index (κ3) is 6.12. The van der Waals surface area contributed by atoms with Crippen LogP contribution >= 0.6 is 11.1 Å². The van der Waals surface area contributed by atoms with E-state index in [9.17, 15) is 0 Å². The fourth-order valence-corrected chi connectivity index (χ4v) is 2.07. The molecule has 10 heavy (non-hydrogen) atoms. The first-order chi connectivity index (χ1) is 4.45. The van der Waals surface area contributed by atoms with Crippen molar-refractivity contribution in [1.29, 1.82) is 5.26 Å². The Morgan fingerprint density at radius 3 is 2.40 bits per heavy atom. The highest BCUT2D eigenvalue weighted by Crippen LogP contribution is 2.19. The zero-order valence-electron chi connectivity index (χ0n) is 6.82. The van der Waals surface area contributed by atoms with E-state index in [4.69, 9.17) is 16.3 Å². The summed E-state index contributed by atoms with van der Waals surface area (Å²) in [4.78, 5) is 0. The number of halogens is 1. The number of hydrogen-bond acceptors (Lipinski definition) is 1. The van der Waals surface area contributed by atoms with Crippen LogP contribution in [-0.2, 0) is 0 Å². The van der Waals surface area contributed by atoms with Gasteiger partial charge in [0.25, 0.3) is 0 Å². The molecule has 0 saturated carbocycles. The lowest BCUT2D eigenvalue weighted by molar-refractivity contribution is 0.707. The molecule has 0 heterocycles. The van der Waals surface area contributed by atoms with Gasteiger partial charge in [-0.1, -0.05) is 13.1 Å². The van der Waals surface area contributed by atoms with Gasteiger partial charge in [-0.3, -0.25) is 0 Å². The van der Waals surface area contributed by atoms with Gasteiger partial charge in [-0.2, -0.15) is 16.3 Å². The maximum Gasteiger partial charge on any atom is 0.150 e. The number of nitrogens with zero attached hydrogens (tertiary/aromatic N) is 1. The summed E-state index contributed by atoms with van der Waals surface area (Å²) in [7, 11) is -1.42. The van der Waals surface area contributed by atoms with Crippen molar-refractivity contribution in [2.75, 3.05) is 0 Å². The number of rotatable bonds is 3. The Morgan fingerprint density at radius 1 is 1.60 bits per heavy atom. The molecule has 3 heteroatoms. The first-order valence-corrected chi connectivity index (χ1v) is 7.76. The predicted octanol–water partition coefficient (Wildman–Crippen LogP) is 2.98. The molecule has 58 valence electrons. The fraction of sp³-hybridized carbons (Fsp3) is 0.857. The summed E-state index contributed by atoms with van der Waals surface area (Å²) in [6.07, 6.45) is 0.958.